The zero-order chi connectivity index (χ0) is 12.2. The first-order valence-electron chi connectivity index (χ1n) is 6.17. The van der Waals surface area contributed by atoms with Gasteiger partial charge in [0.05, 0.1) is 6.17 Å². The minimum Gasteiger partial charge on any atom is -0.444 e. The maximum Gasteiger partial charge on any atom is 0.411 e. The molecule has 1 heterocycles. The topological polar surface area (TPSA) is 41.6 Å². The van der Waals surface area contributed by atoms with Crippen LogP contribution in [0.15, 0.2) is 0 Å². The number of nitrogens with zero attached hydrogens (tertiary/aromatic N) is 1. The van der Waals surface area contributed by atoms with Crippen LogP contribution in [0.5, 0.6) is 0 Å². The Kier molecular flexibility index (Phi) is 4.59. The van der Waals surface area contributed by atoms with Gasteiger partial charge in [-0.3, -0.25) is 10.2 Å². The van der Waals surface area contributed by atoms with Crippen molar-refractivity contribution in [3.05, 3.63) is 0 Å². The van der Waals surface area contributed by atoms with Gasteiger partial charge in [-0.15, -0.1) is 0 Å². The molecule has 4 heteroatoms. The summed E-state index contributed by atoms with van der Waals surface area (Å²) < 4.78 is 5.40. The summed E-state index contributed by atoms with van der Waals surface area (Å²) in [5, 5.41) is 3.33. The van der Waals surface area contributed by atoms with E-state index in [2.05, 4.69) is 12.2 Å². The number of ether oxygens (including phenoxy) is 1. The van der Waals surface area contributed by atoms with Crippen molar-refractivity contribution in [2.75, 3.05) is 13.1 Å². The molecule has 1 saturated heterocycles. The molecule has 0 saturated carbocycles. The van der Waals surface area contributed by atoms with E-state index in [1.165, 1.54) is 6.42 Å². The molecule has 0 radical (unpaired) electrons. The third kappa shape index (κ3) is 4.00. The number of piperidine rings is 1. The van der Waals surface area contributed by atoms with E-state index in [0.717, 1.165) is 25.9 Å². The summed E-state index contributed by atoms with van der Waals surface area (Å²) in [7, 11) is 0. The van der Waals surface area contributed by atoms with Gasteiger partial charge < -0.3 is 4.74 Å². The van der Waals surface area contributed by atoms with E-state index in [1.807, 2.05) is 25.7 Å². The van der Waals surface area contributed by atoms with Crippen molar-refractivity contribution < 1.29 is 9.53 Å². The fraction of sp³-hybridized carbons (Fsp3) is 0.917. The standard InChI is InChI=1S/C12H24N2O2/c1-5-13-10-8-6-7-9-14(10)11(15)16-12(2,3)4/h10,13H,5-9H2,1-4H3. The molecular formula is C12H24N2O2. The molecule has 1 rings (SSSR count). The lowest BCUT2D eigenvalue weighted by atomic mass is 10.1. The second-order valence-corrected chi connectivity index (χ2v) is 5.24. The molecular weight excluding hydrogens is 204 g/mol. The lowest BCUT2D eigenvalue weighted by molar-refractivity contribution is 0.00569. The Morgan fingerprint density at radius 1 is 1.44 bits per heavy atom. The van der Waals surface area contributed by atoms with E-state index in [9.17, 15) is 4.79 Å². The van der Waals surface area contributed by atoms with Gasteiger partial charge in [0.25, 0.3) is 0 Å². The summed E-state index contributed by atoms with van der Waals surface area (Å²) in [4.78, 5) is 13.8. The van der Waals surface area contributed by atoms with Gasteiger partial charge in [0.1, 0.15) is 5.60 Å². The molecule has 1 fully saturated rings. The zero-order valence-corrected chi connectivity index (χ0v) is 10.9. The fourth-order valence-electron chi connectivity index (χ4n) is 1.92. The van der Waals surface area contributed by atoms with Crippen molar-refractivity contribution in [1.82, 2.24) is 10.2 Å². The molecule has 0 aromatic rings. The number of hydrogen-bond acceptors (Lipinski definition) is 3. The molecule has 1 aliphatic heterocycles. The Balaban J connectivity index is 2.57. The first-order valence-corrected chi connectivity index (χ1v) is 6.17. The van der Waals surface area contributed by atoms with Gasteiger partial charge >= 0.3 is 6.09 Å². The van der Waals surface area contributed by atoms with Crippen molar-refractivity contribution in [3.8, 4) is 0 Å². The van der Waals surface area contributed by atoms with Crippen LogP contribution in [0.25, 0.3) is 0 Å². The Bertz CT molecular complexity index is 234. The molecule has 94 valence electrons. The molecule has 0 aromatic carbocycles. The number of carbonyl (C=O) groups is 1. The second-order valence-electron chi connectivity index (χ2n) is 5.24. The van der Waals surface area contributed by atoms with E-state index in [-0.39, 0.29) is 12.3 Å². The molecule has 1 unspecified atom stereocenters. The van der Waals surface area contributed by atoms with E-state index in [1.54, 1.807) is 0 Å². The molecule has 1 N–H and O–H groups in total. The van der Waals surface area contributed by atoms with E-state index in [0.29, 0.717) is 0 Å². The van der Waals surface area contributed by atoms with Gasteiger partial charge in [0, 0.05) is 6.54 Å². The average Bonchev–Trinajstić information content (AvgIpc) is 2.16. The fourth-order valence-corrected chi connectivity index (χ4v) is 1.92. The van der Waals surface area contributed by atoms with Gasteiger partial charge in [-0.2, -0.15) is 0 Å². The van der Waals surface area contributed by atoms with Gasteiger partial charge in [0.15, 0.2) is 0 Å². The largest absolute Gasteiger partial charge is 0.444 e. The van der Waals surface area contributed by atoms with Crippen LogP contribution in [0.2, 0.25) is 0 Å². The van der Waals surface area contributed by atoms with E-state index in [4.69, 9.17) is 4.74 Å². The van der Waals surface area contributed by atoms with Crippen LogP contribution in [0.4, 0.5) is 4.79 Å². The lowest BCUT2D eigenvalue weighted by Gasteiger charge is -2.37. The normalized spacial score (nSPS) is 22.0. The number of hydrogen-bond donors (Lipinski definition) is 1. The van der Waals surface area contributed by atoms with Crippen LogP contribution in [0.3, 0.4) is 0 Å². The maximum atomic E-state index is 12.0. The van der Waals surface area contributed by atoms with Crippen LogP contribution in [0, 0.1) is 0 Å². The maximum absolute atomic E-state index is 12.0. The van der Waals surface area contributed by atoms with Crippen molar-refractivity contribution in [2.24, 2.45) is 0 Å². The minimum atomic E-state index is -0.411. The third-order valence-electron chi connectivity index (χ3n) is 2.57. The van der Waals surface area contributed by atoms with Crippen LogP contribution >= 0.6 is 0 Å². The molecule has 1 atom stereocenters. The summed E-state index contributed by atoms with van der Waals surface area (Å²) >= 11 is 0. The summed E-state index contributed by atoms with van der Waals surface area (Å²) in [5.41, 5.74) is -0.411. The first-order chi connectivity index (χ1) is 7.44. The van der Waals surface area contributed by atoms with E-state index >= 15 is 0 Å². The zero-order valence-electron chi connectivity index (χ0n) is 10.9. The molecule has 0 spiro atoms. The number of likely N-dealkylation sites (tertiary alicyclic amines) is 1. The predicted molar refractivity (Wildman–Crippen MR) is 64.3 cm³/mol. The highest BCUT2D eigenvalue weighted by atomic mass is 16.6. The number of carbonyl (C=O) groups excluding carboxylic acids is 1. The Hall–Kier alpha value is -0.770. The lowest BCUT2D eigenvalue weighted by Crippen LogP contribution is -2.52. The highest BCUT2D eigenvalue weighted by Gasteiger charge is 2.29. The SMILES string of the molecule is CCNC1CCCCN1C(=O)OC(C)(C)C. The average molecular weight is 228 g/mol. The van der Waals surface area contributed by atoms with E-state index < -0.39 is 5.60 Å². The van der Waals surface area contributed by atoms with Gasteiger partial charge in [-0.1, -0.05) is 6.92 Å². The monoisotopic (exact) mass is 228 g/mol. The van der Waals surface area contributed by atoms with Crippen LogP contribution in [-0.4, -0.2) is 35.8 Å². The second kappa shape index (κ2) is 5.53. The van der Waals surface area contributed by atoms with Gasteiger partial charge in [-0.25, -0.2) is 4.79 Å². The number of nitrogens with one attached hydrogen (secondary N) is 1. The highest BCUT2D eigenvalue weighted by Crippen LogP contribution is 2.18. The summed E-state index contributed by atoms with van der Waals surface area (Å²) in [6, 6.07) is 0. The quantitative estimate of drug-likeness (QED) is 0.788. The Morgan fingerprint density at radius 3 is 2.69 bits per heavy atom. The minimum absolute atomic E-state index is 0.147. The molecule has 1 aliphatic rings. The van der Waals surface area contributed by atoms with Gasteiger partial charge in [0.2, 0.25) is 0 Å². The summed E-state index contributed by atoms with van der Waals surface area (Å²) in [5.74, 6) is 0. The number of rotatable bonds is 2. The van der Waals surface area contributed by atoms with Crippen LogP contribution in [0.1, 0.15) is 47.0 Å². The van der Waals surface area contributed by atoms with Crippen LogP contribution < -0.4 is 5.32 Å². The van der Waals surface area contributed by atoms with Crippen molar-refractivity contribution in [3.63, 3.8) is 0 Å². The summed E-state index contributed by atoms with van der Waals surface area (Å²) in [6.45, 7) is 9.43. The van der Waals surface area contributed by atoms with Crippen molar-refractivity contribution >= 4 is 6.09 Å². The molecule has 0 aliphatic carbocycles. The van der Waals surface area contributed by atoms with Gasteiger partial charge in [-0.05, 0) is 46.6 Å². The number of amides is 1. The van der Waals surface area contributed by atoms with Crippen LogP contribution in [-0.2, 0) is 4.74 Å². The summed E-state index contributed by atoms with van der Waals surface area (Å²) in [6.07, 6.45) is 3.22. The van der Waals surface area contributed by atoms with Crippen molar-refractivity contribution in [2.45, 2.75) is 58.7 Å². The third-order valence-corrected chi connectivity index (χ3v) is 2.57. The first kappa shape index (κ1) is 13.3. The predicted octanol–water partition coefficient (Wildman–Crippen LogP) is 2.34. The smallest absolute Gasteiger partial charge is 0.411 e. The molecule has 1 amide bonds. The van der Waals surface area contributed by atoms with Crippen molar-refractivity contribution in [1.29, 1.82) is 0 Å². The Morgan fingerprint density at radius 2 is 2.12 bits per heavy atom. The highest BCUT2D eigenvalue weighted by molar-refractivity contribution is 5.68. The molecule has 0 aromatic heterocycles. The Labute approximate surface area is 98.3 Å². The molecule has 16 heavy (non-hydrogen) atoms. The molecule has 0 bridgehead atoms. The molecule has 4 nitrogen and oxygen atoms in total.